The third-order valence-corrected chi connectivity index (χ3v) is 3.16. The minimum Gasteiger partial charge on any atom is -0.258 e. The second-order valence-electron chi connectivity index (χ2n) is 2.85. The molecule has 7 nitrogen and oxygen atoms in total. The molecule has 1 rings (SSSR count). The van der Waals surface area contributed by atoms with Crippen molar-refractivity contribution in [3.63, 3.8) is 0 Å². The summed E-state index contributed by atoms with van der Waals surface area (Å²) in [5.41, 5.74) is -0.940. The fourth-order valence-electron chi connectivity index (χ4n) is 1.01. The lowest BCUT2D eigenvalue weighted by molar-refractivity contribution is -0.387. The molecule has 0 fully saturated rings. The Kier molecular flexibility index (Phi) is 3.72. The van der Waals surface area contributed by atoms with Gasteiger partial charge in [-0.3, -0.25) is 10.1 Å². The number of nitrogens with zero attached hydrogens (tertiary/aromatic N) is 2. The lowest BCUT2D eigenvalue weighted by atomic mass is 10.3. The van der Waals surface area contributed by atoms with E-state index in [2.05, 4.69) is 0 Å². The van der Waals surface area contributed by atoms with Gasteiger partial charge in [0.05, 0.1) is 22.4 Å². The predicted octanol–water partition coefficient (Wildman–Crippen LogP) is 0.536. The fourth-order valence-corrected chi connectivity index (χ4v) is 1.95. The maximum Gasteiger partial charge on any atom is 0.306 e. The summed E-state index contributed by atoms with van der Waals surface area (Å²) in [7, 11) is -4.04. The Morgan fingerprint density at radius 3 is 2.71 bits per heavy atom. The SMILES string of the molecule is N#CCNS(=O)(=O)c1ccc(F)c([N+](=O)[O-])c1. The van der Waals surface area contributed by atoms with Crippen LogP contribution in [0.2, 0.25) is 0 Å². The van der Waals surface area contributed by atoms with Crippen molar-refractivity contribution in [2.45, 2.75) is 4.90 Å². The number of benzene rings is 1. The van der Waals surface area contributed by atoms with Crippen molar-refractivity contribution in [2.24, 2.45) is 0 Å². The summed E-state index contributed by atoms with van der Waals surface area (Å²) in [4.78, 5) is 8.91. The largest absolute Gasteiger partial charge is 0.306 e. The van der Waals surface area contributed by atoms with Crippen LogP contribution < -0.4 is 4.72 Å². The van der Waals surface area contributed by atoms with E-state index in [9.17, 15) is 22.9 Å². The molecule has 0 atom stereocenters. The molecule has 1 aromatic carbocycles. The van der Waals surface area contributed by atoms with Gasteiger partial charge in [-0.1, -0.05) is 0 Å². The van der Waals surface area contributed by atoms with Gasteiger partial charge in [0.1, 0.15) is 0 Å². The summed E-state index contributed by atoms with van der Waals surface area (Å²) >= 11 is 0. The van der Waals surface area contributed by atoms with E-state index in [0.29, 0.717) is 12.1 Å². The molecule has 0 saturated carbocycles. The van der Waals surface area contributed by atoms with E-state index in [1.165, 1.54) is 0 Å². The topological polar surface area (TPSA) is 113 Å². The van der Waals surface area contributed by atoms with Crippen molar-refractivity contribution in [3.05, 3.63) is 34.1 Å². The van der Waals surface area contributed by atoms with Crippen LogP contribution in [0.3, 0.4) is 0 Å². The normalized spacial score (nSPS) is 10.8. The number of rotatable bonds is 4. The van der Waals surface area contributed by atoms with E-state index >= 15 is 0 Å². The minimum absolute atomic E-state index is 0.471. The standard InChI is InChI=1S/C8H6FN3O4S/c9-7-2-1-6(5-8(7)12(13)14)17(15,16)11-4-3-10/h1-2,5,11H,4H2. The maximum atomic E-state index is 13.0. The smallest absolute Gasteiger partial charge is 0.258 e. The Hall–Kier alpha value is -2.05. The average molecular weight is 259 g/mol. The van der Waals surface area contributed by atoms with Crippen LogP contribution in [0, 0.1) is 27.3 Å². The summed E-state index contributed by atoms with van der Waals surface area (Å²) in [6.07, 6.45) is 0. The Morgan fingerprint density at radius 2 is 2.18 bits per heavy atom. The van der Waals surface area contributed by atoms with Gasteiger partial charge in [-0.2, -0.15) is 14.4 Å². The molecular formula is C8H6FN3O4S. The van der Waals surface area contributed by atoms with Crippen LogP contribution in [-0.2, 0) is 10.0 Å². The molecule has 0 aromatic heterocycles. The highest BCUT2D eigenvalue weighted by molar-refractivity contribution is 7.89. The van der Waals surface area contributed by atoms with Crippen molar-refractivity contribution in [2.75, 3.05) is 6.54 Å². The lowest BCUT2D eigenvalue weighted by Crippen LogP contribution is -2.24. The first-order chi connectivity index (χ1) is 7.88. The summed E-state index contributed by atoms with van der Waals surface area (Å²) in [6.45, 7) is -0.479. The zero-order valence-corrected chi connectivity index (χ0v) is 9.07. The molecule has 0 bridgehead atoms. The first-order valence-corrected chi connectivity index (χ1v) is 5.67. The third-order valence-electron chi connectivity index (χ3n) is 1.77. The molecule has 0 unspecified atom stereocenters. The minimum atomic E-state index is -4.04. The zero-order chi connectivity index (χ0) is 13.1. The van der Waals surface area contributed by atoms with Crippen LogP contribution >= 0.6 is 0 Å². The number of nitrogens with one attached hydrogen (secondary N) is 1. The predicted molar refractivity (Wildman–Crippen MR) is 53.9 cm³/mol. The maximum absolute atomic E-state index is 13.0. The number of hydrogen-bond donors (Lipinski definition) is 1. The van der Waals surface area contributed by atoms with Gasteiger partial charge < -0.3 is 0 Å². The summed E-state index contributed by atoms with van der Waals surface area (Å²) in [6, 6.07) is 3.69. The Balaban J connectivity index is 3.21. The number of nitro benzene ring substituents is 1. The van der Waals surface area contributed by atoms with Gasteiger partial charge in [-0.05, 0) is 12.1 Å². The fraction of sp³-hybridized carbons (Fsp3) is 0.125. The van der Waals surface area contributed by atoms with Gasteiger partial charge in [0.2, 0.25) is 15.8 Å². The molecule has 90 valence electrons. The van der Waals surface area contributed by atoms with E-state index in [-0.39, 0.29) is 0 Å². The van der Waals surface area contributed by atoms with E-state index in [0.717, 1.165) is 6.07 Å². The Labute approximate surface area is 95.7 Å². The van der Waals surface area contributed by atoms with E-state index in [1.54, 1.807) is 6.07 Å². The van der Waals surface area contributed by atoms with Gasteiger partial charge >= 0.3 is 5.69 Å². The van der Waals surface area contributed by atoms with Crippen molar-refractivity contribution < 1.29 is 17.7 Å². The van der Waals surface area contributed by atoms with Crippen LogP contribution in [0.1, 0.15) is 0 Å². The van der Waals surface area contributed by atoms with Crippen LogP contribution in [0.15, 0.2) is 23.1 Å². The van der Waals surface area contributed by atoms with Gasteiger partial charge in [0.25, 0.3) is 0 Å². The number of halogens is 1. The molecule has 0 aliphatic rings. The Morgan fingerprint density at radius 1 is 1.53 bits per heavy atom. The molecule has 17 heavy (non-hydrogen) atoms. The number of sulfonamides is 1. The van der Waals surface area contributed by atoms with Gasteiger partial charge in [0.15, 0.2) is 0 Å². The van der Waals surface area contributed by atoms with Gasteiger partial charge in [0, 0.05) is 6.07 Å². The van der Waals surface area contributed by atoms with Crippen molar-refractivity contribution in [1.82, 2.24) is 4.72 Å². The highest BCUT2D eigenvalue weighted by atomic mass is 32.2. The molecule has 0 amide bonds. The Bertz CT molecular complexity index is 593. The highest BCUT2D eigenvalue weighted by Crippen LogP contribution is 2.21. The van der Waals surface area contributed by atoms with Crippen molar-refractivity contribution in [1.29, 1.82) is 5.26 Å². The van der Waals surface area contributed by atoms with Gasteiger partial charge in [-0.15, -0.1) is 0 Å². The quantitative estimate of drug-likeness (QED) is 0.481. The molecule has 0 aliphatic heterocycles. The number of nitro groups is 1. The van der Waals surface area contributed by atoms with Crippen LogP contribution in [0.4, 0.5) is 10.1 Å². The second-order valence-corrected chi connectivity index (χ2v) is 4.62. The molecule has 9 heteroatoms. The molecule has 0 heterocycles. The molecule has 0 radical (unpaired) electrons. The zero-order valence-electron chi connectivity index (χ0n) is 8.25. The second kappa shape index (κ2) is 4.86. The van der Waals surface area contributed by atoms with Crippen molar-refractivity contribution in [3.8, 4) is 6.07 Å². The highest BCUT2D eigenvalue weighted by Gasteiger charge is 2.20. The average Bonchev–Trinajstić information content (AvgIpc) is 2.26. The summed E-state index contributed by atoms with van der Waals surface area (Å²) < 4.78 is 37.8. The van der Waals surface area contributed by atoms with Crippen molar-refractivity contribution >= 4 is 15.7 Å². The monoisotopic (exact) mass is 259 g/mol. The molecule has 1 aromatic rings. The third kappa shape index (κ3) is 2.96. The molecule has 1 N–H and O–H groups in total. The van der Waals surface area contributed by atoms with Crippen LogP contribution in [0.5, 0.6) is 0 Å². The van der Waals surface area contributed by atoms with E-state index in [1.807, 2.05) is 4.72 Å². The van der Waals surface area contributed by atoms with Crippen LogP contribution in [0.25, 0.3) is 0 Å². The molecule has 0 saturated heterocycles. The van der Waals surface area contributed by atoms with Gasteiger partial charge in [-0.25, -0.2) is 8.42 Å². The first kappa shape index (κ1) is 13.0. The summed E-state index contributed by atoms with van der Waals surface area (Å²) in [5, 5.41) is 18.6. The van der Waals surface area contributed by atoms with Crippen LogP contribution in [-0.4, -0.2) is 19.9 Å². The summed E-state index contributed by atoms with van der Waals surface area (Å²) in [5.74, 6) is -1.13. The molecule has 0 spiro atoms. The lowest BCUT2D eigenvalue weighted by Gasteiger charge is -2.03. The molecular weight excluding hydrogens is 253 g/mol. The molecule has 0 aliphatic carbocycles. The first-order valence-electron chi connectivity index (χ1n) is 4.19. The number of nitriles is 1. The number of hydrogen-bond acceptors (Lipinski definition) is 5. The van der Waals surface area contributed by atoms with E-state index < -0.39 is 37.9 Å². The van der Waals surface area contributed by atoms with E-state index in [4.69, 9.17) is 5.26 Å².